The van der Waals surface area contributed by atoms with Crippen LogP contribution in [0.15, 0.2) is 79.0 Å². The van der Waals surface area contributed by atoms with Crippen LogP contribution in [0.5, 0.6) is 5.75 Å². The molecule has 0 aliphatic heterocycles. The number of ether oxygens (including phenoxy) is 1. The normalized spacial score (nSPS) is 11.5. The summed E-state index contributed by atoms with van der Waals surface area (Å²) >= 11 is 0. The van der Waals surface area contributed by atoms with Crippen LogP contribution in [0.1, 0.15) is 36.0 Å². The van der Waals surface area contributed by atoms with Crippen LogP contribution in [-0.2, 0) is 17.9 Å². The van der Waals surface area contributed by atoms with E-state index in [1.807, 2.05) is 59.3 Å². The Bertz CT molecular complexity index is 1270. The van der Waals surface area contributed by atoms with E-state index in [1.165, 1.54) is 5.56 Å². The number of rotatable bonds is 8. The highest BCUT2D eigenvalue weighted by molar-refractivity contribution is 5.78. The van der Waals surface area contributed by atoms with Crippen LogP contribution in [0.25, 0.3) is 10.9 Å². The Morgan fingerprint density at radius 2 is 1.84 bits per heavy atom. The molecule has 1 atom stereocenters. The molecule has 4 rings (SSSR count). The molecule has 0 unspecified atom stereocenters. The van der Waals surface area contributed by atoms with Crippen LogP contribution in [0.2, 0.25) is 0 Å². The molecular formula is C27H24N2O3. The van der Waals surface area contributed by atoms with Crippen LogP contribution in [-0.4, -0.2) is 20.9 Å². The molecule has 0 bridgehead atoms. The Kier molecular flexibility index (Phi) is 6.52. The van der Waals surface area contributed by atoms with Gasteiger partial charge in [0.25, 0.3) is 0 Å². The molecule has 0 saturated carbocycles. The van der Waals surface area contributed by atoms with E-state index in [4.69, 9.17) is 14.9 Å². The molecule has 1 aromatic heterocycles. The highest BCUT2D eigenvalue weighted by atomic mass is 16.5. The molecule has 5 nitrogen and oxygen atoms in total. The summed E-state index contributed by atoms with van der Waals surface area (Å²) in [6.07, 6.45) is 2.04. The van der Waals surface area contributed by atoms with E-state index in [0.717, 1.165) is 34.3 Å². The summed E-state index contributed by atoms with van der Waals surface area (Å²) in [7, 11) is 0. The molecule has 4 aromatic rings. The average molecular weight is 425 g/mol. The molecular weight excluding hydrogens is 400 g/mol. The zero-order valence-electron chi connectivity index (χ0n) is 17.9. The lowest BCUT2D eigenvalue weighted by Crippen LogP contribution is -2.04. The lowest BCUT2D eigenvalue weighted by Gasteiger charge is -2.11. The number of hydrogen-bond acceptors (Lipinski definition) is 3. The number of benzene rings is 3. The fraction of sp³-hybridized carbons (Fsp3) is 0.185. The minimum atomic E-state index is -0.861. The maximum atomic E-state index is 11.1. The number of fused-ring (bicyclic) bond motifs is 1. The van der Waals surface area contributed by atoms with Gasteiger partial charge in [-0.15, -0.1) is 5.92 Å². The van der Waals surface area contributed by atoms with Crippen molar-refractivity contribution in [3.8, 4) is 17.6 Å². The topological polar surface area (TPSA) is 64.3 Å². The standard InChI is InChI=1S/C27H24N2O3/c1-2-6-23(16-27(30)31)22-11-13-25(14-12-22)32-19-21-9-10-24-18-29(28-26(24)15-21)17-20-7-4-3-5-8-20/h3-5,7-15,18,23H,16-17,19H2,1H3,(H,30,31)/t23-/m0/s1. The molecule has 0 radical (unpaired) electrons. The van der Waals surface area contributed by atoms with Gasteiger partial charge in [0.1, 0.15) is 12.4 Å². The van der Waals surface area contributed by atoms with Gasteiger partial charge >= 0.3 is 5.97 Å². The molecule has 0 aliphatic carbocycles. The second kappa shape index (κ2) is 9.84. The highest BCUT2D eigenvalue weighted by Crippen LogP contribution is 2.23. The molecule has 5 heteroatoms. The van der Waals surface area contributed by atoms with Crippen molar-refractivity contribution in [2.45, 2.75) is 32.4 Å². The van der Waals surface area contributed by atoms with E-state index in [9.17, 15) is 4.79 Å². The Balaban J connectivity index is 1.41. The van der Waals surface area contributed by atoms with Gasteiger partial charge in [-0.1, -0.05) is 60.5 Å². The molecule has 3 aromatic carbocycles. The maximum absolute atomic E-state index is 11.1. The fourth-order valence-electron chi connectivity index (χ4n) is 3.62. The first-order valence-corrected chi connectivity index (χ1v) is 10.5. The summed E-state index contributed by atoms with van der Waals surface area (Å²) < 4.78 is 7.89. The molecule has 0 aliphatic rings. The lowest BCUT2D eigenvalue weighted by molar-refractivity contribution is -0.137. The second-order valence-corrected chi connectivity index (χ2v) is 7.61. The van der Waals surface area contributed by atoms with Crippen molar-refractivity contribution in [3.63, 3.8) is 0 Å². The number of nitrogens with zero attached hydrogens (tertiary/aromatic N) is 2. The summed E-state index contributed by atoms with van der Waals surface area (Å²) in [5, 5.41) is 14.9. The number of carboxylic acids is 1. The zero-order chi connectivity index (χ0) is 22.3. The van der Waals surface area contributed by atoms with Crippen LogP contribution < -0.4 is 4.74 Å². The molecule has 32 heavy (non-hydrogen) atoms. The van der Waals surface area contributed by atoms with E-state index in [1.54, 1.807) is 6.92 Å². The van der Waals surface area contributed by atoms with Gasteiger partial charge in [-0.3, -0.25) is 9.48 Å². The van der Waals surface area contributed by atoms with Crippen LogP contribution in [0, 0.1) is 11.8 Å². The number of aliphatic carboxylic acids is 1. The maximum Gasteiger partial charge on any atom is 0.304 e. The molecule has 1 heterocycles. The third-order valence-corrected chi connectivity index (χ3v) is 5.19. The van der Waals surface area contributed by atoms with Crippen molar-refractivity contribution in [1.82, 2.24) is 9.78 Å². The van der Waals surface area contributed by atoms with Gasteiger partial charge in [0.15, 0.2) is 0 Å². The Labute approximate surface area is 187 Å². The highest BCUT2D eigenvalue weighted by Gasteiger charge is 2.13. The SMILES string of the molecule is CC#C[C@@H](CC(=O)O)c1ccc(OCc2ccc3cn(Cc4ccccc4)nc3c2)cc1. The Hall–Kier alpha value is -4.04. The molecule has 0 fully saturated rings. The van der Waals surface area contributed by atoms with Crippen LogP contribution in [0.3, 0.4) is 0 Å². The van der Waals surface area contributed by atoms with E-state index in [-0.39, 0.29) is 12.3 Å². The van der Waals surface area contributed by atoms with Gasteiger partial charge in [0.05, 0.1) is 24.4 Å². The van der Waals surface area contributed by atoms with E-state index in [2.05, 4.69) is 36.2 Å². The third-order valence-electron chi connectivity index (χ3n) is 5.19. The number of carboxylic acid groups (broad SMARTS) is 1. The van der Waals surface area contributed by atoms with Gasteiger partial charge in [-0.2, -0.15) is 5.10 Å². The lowest BCUT2D eigenvalue weighted by atomic mass is 9.96. The van der Waals surface area contributed by atoms with Crippen molar-refractivity contribution in [3.05, 3.63) is 95.7 Å². The number of aromatic nitrogens is 2. The first kappa shape index (κ1) is 21.2. The molecule has 160 valence electrons. The summed E-state index contributed by atoms with van der Waals surface area (Å²) in [6.45, 7) is 2.88. The average Bonchev–Trinajstić information content (AvgIpc) is 3.19. The summed E-state index contributed by atoms with van der Waals surface area (Å²) in [4.78, 5) is 11.1. The zero-order valence-corrected chi connectivity index (χ0v) is 17.9. The van der Waals surface area contributed by atoms with E-state index < -0.39 is 5.97 Å². The first-order valence-electron chi connectivity index (χ1n) is 10.5. The second-order valence-electron chi connectivity index (χ2n) is 7.61. The Morgan fingerprint density at radius 3 is 2.56 bits per heavy atom. The number of hydrogen-bond donors (Lipinski definition) is 1. The summed E-state index contributed by atoms with van der Waals surface area (Å²) in [5.41, 5.74) is 4.06. The van der Waals surface area contributed by atoms with Gasteiger partial charge in [-0.05, 0) is 41.8 Å². The van der Waals surface area contributed by atoms with Crippen molar-refractivity contribution < 1.29 is 14.6 Å². The van der Waals surface area contributed by atoms with E-state index in [0.29, 0.717) is 6.61 Å². The predicted octanol–water partition coefficient (Wildman–Crippen LogP) is 5.25. The van der Waals surface area contributed by atoms with Crippen LogP contribution >= 0.6 is 0 Å². The minimum Gasteiger partial charge on any atom is -0.489 e. The van der Waals surface area contributed by atoms with Crippen molar-refractivity contribution >= 4 is 16.9 Å². The molecule has 0 saturated heterocycles. The quantitative estimate of drug-likeness (QED) is 0.393. The van der Waals surface area contributed by atoms with Gasteiger partial charge in [0.2, 0.25) is 0 Å². The predicted molar refractivity (Wildman–Crippen MR) is 124 cm³/mol. The first-order chi connectivity index (χ1) is 15.6. The largest absolute Gasteiger partial charge is 0.489 e. The van der Waals surface area contributed by atoms with Gasteiger partial charge in [-0.25, -0.2) is 0 Å². The molecule has 0 amide bonds. The minimum absolute atomic E-state index is 0.0159. The third kappa shape index (κ3) is 5.35. The summed E-state index contributed by atoms with van der Waals surface area (Å²) in [5.74, 6) is 5.31. The van der Waals surface area contributed by atoms with Crippen molar-refractivity contribution in [2.24, 2.45) is 0 Å². The fourth-order valence-corrected chi connectivity index (χ4v) is 3.62. The van der Waals surface area contributed by atoms with Crippen molar-refractivity contribution in [1.29, 1.82) is 0 Å². The molecule has 0 spiro atoms. The number of carbonyl (C=O) groups is 1. The van der Waals surface area contributed by atoms with Gasteiger partial charge in [0, 0.05) is 11.6 Å². The van der Waals surface area contributed by atoms with Crippen molar-refractivity contribution in [2.75, 3.05) is 0 Å². The monoisotopic (exact) mass is 424 g/mol. The van der Waals surface area contributed by atoms with E-state index >= 15 is 0 Å². The van der Waals surface area contributed by atoms with Crippen LogP contribution in [0.4, 0.5) is 0 Å². The Morgan fingerprint density at radius 1 is 1.06 bits per heavy atom. The smallest absolute Gasteiger partial charge is 0.304 e. The summed E-state index contributed by atoms with van der Waals surface area (Å²) in [6, 6.07) is 23.9. The van der Waals surface area contributed by atoms with Gasteiger partial charge < -0.3 is 9.84 Å². The molecule has 1 N–H and O–H groups in total.